The summed E-state index contributed by atoms with van der Waals surface area (Å²) in [5, 5.41) is 8.73. The molecule has 1 aromatic carbocycles. The molecule has 98 valence electrons. The van der Waals surface area contributed by atoms with Crippen molar-refractivity contribution in [1.82, 2.24) is 9.97 Å². The summed E-state index contributed by atoms with van der Waals surface area (Å²) >= 11 is 5.75. The van der Waals surface area contributed by atoms with Gasteiger partial charge in [0.25, 0.3) is 0 Å². The summed E-state index contributed by atoms with van der Waals surface area (Å²) in [5.74, 6) is 0.0683. The van der Waals surface area contributed by atoms with E-state index in [9.17, 15) is 4.79 Å². The van der Waals surface area contributed by atoms with Gasteiger partial charge >= 0.3 is 5.97 Å². The quantitative estimate of drug-likeness (QED) is 0.851. The van der Waals surface area contributed by atoms with Gasteiger partial charge in [-0.3, -0.25) is 0 Å². The van der Waals surface area contributed by atoms with E-state index in [1.165, 1.54) is 6.20 Å². The molecule has 0 aliphatic heterocycles. The van der Waals surface area contributed by atoms with Gasteiger partial charge in [-0.1, -0.05) is 29.8 Å². The molecule has 19 heavy (non-hydrogen) atoms. The molecule has 0 fully saturated rings. The molecule has 0 amide bonds. The van der Waals surface area contributed by atoms with Crippen molar-refractivity contribution in [1.29, 1.82) is 0 Å². The summed E-state index contributed by atoms with van der Waals surface area (Å²) in [7, 11) is 0. The van der Waals surface area contributed by atoms with Gasteiger partial charge in [-0.2, -0.15) is 0 Å². The number of carboxylic acids is 1. The smallest absolute Gasteiger partial charge is 0.340 e. The van der Waals surface area contributed by atoms with E-state index in [-0.39, 0.29) is 10.7 Å². The lowest BCUT2D eigenvalue weighted by atomic mass is 10.3. The third-order valence-electron chi connectivity index (χ3n) is 2.36. The van der Waals surface area contributed by atoms with Gasteiger partial charge in [-0.05, 0) is 12.1 Å². The fourth-order valence-electron chi connectivity index (χ4n) is 1.44. The molecule has 0 aliphatic carbocycles. The molecule has 1 N–H and O–H groups in total. The van der Waals surface area contributed by atoms with Crippen LogP contribution < -0.4 is 4.74 Å². The summed E-state index contributed by atoms with van der Waals surface area (Å²) in [5.41, 5.74) is -0.102. The summed E-state index contributed by atoms with van der Waals surface area (Å²) in [6.07, 6.45) is 1.66. The van der Waals surface area contributed by atoms with E-state index in [4.69, 9.17) is 21.4 Å². The van der Waals surface area contributed by atoms with Crippen LogP contribution in [0.5, 0.6) is 5.75 Å². The number of ether oxygens (including phenoxy) is 1. The van der Waals surface area contributed by atoms with Crippen molar-refractivity contribution in [2.75, 3.05) is 6.61 Å². The van der Waals surface area contributed by atoms with Crippen LogP contribution in [0.1, 0.15) is 16.2 Å². The number of hydrogen-bond donors (Lipinski definition) is 1. The van der Waals surface area contributed by atoms with Crippen LogP contribution in [0, 0.1) is 0 Å². The lowest BCUT2D eigenvalue weighted by Gasteiger charge is -2.05. The molecule has 0 atom stereocenters. The topological polar surface area (TPSA) is 72.3 Å². The predicted molar refractivity (Wildman–Crippen MR) is 69.6 cm³/mol. The Labute approximate surface area is 114 Å². The lowest BCUT2D eigenvalue weighted by molar-refractivity contribution is 0.0696. The first kappa shape index (κ1) is 13.3. The standard InChI is InChI=1S/C13H11ClN2O3/c14-12-10(13(17)18)8-15-11(16-12)6-7-19-9-4-2-1-3-5-9/h1-5,8H,6-7H2,(H,17,18). The molecule has 0 bridgehead atoms. The molecule has 0 radical (unpaired) electrons. The number of nitrogens with zero attached hydrogens (tertiary/aromatic N) is 2. The molecule has 2 aromatic rings. The van der Waals surface area contributed by atoms with E-state index in [1.54, 1.807) is 0 Å². The number of rotatable bonds is 5. The van der Waals surface area contributed by atoms with Crippen molar-refractivity contribution in [2.24, 2.45) is 0 Å². The fraction of sp³-hybridized carbons (Fsp3) is 0.154. The van der Waals surface area contributed by atoms with Gasteiger partial charge in [0.05, 0.1) is 6.61 Å². The maximum absolute atomic E-state index is 10.7. The monoisotopic (exact) mass is 278 g/mol. The summed E-state index contributed by atoms with van der Waals surface area (Å²) in [6, 6.07) is 9.36. The molecule has 6 heteroatoms. The molecule has 1 aromatic heterocycles. The molecule has 1 heterocycles. The largest absolute Gasteiger partial charge is 0.493 e. The number of para-hydroxylation sites is 1. The summed E-state index contributed by atoms with van der Waals surface area (Å²) < 4.78 is 5.49. The van der Waals surface area contributed by atoms with Crippen molar-refractivity contribution in [3.05, 3.63) is 53.1 Å². The molecule has 0 saturated heterocycles. The average molecular weight is 279 g/mol. The first-order valence-electron chi connectivity index (χ1n) is 5.59. The highest BCUT2D eigenvalue weighted by Crippen LogP contribution is 2.13. The van der Waals surface area contributed by atoms with Crippen LogP contribution in [0.25, 0.3) is 0 Å². The van der Waals surface area contributed by atoms with E-state index < -0.39 is 5.97 Å². The average Bonchev–Trinajstić information content (AvgIpc) is 2.39. The molecule has 2 rings (SSSR count). The molecule has 0 saturated carbocycles. The number of aromatic carboxylic acids is 1. The Bertz CT molecular complexity index is 575. The second-order valence-electron chi connectivity index (χ2n) is 3.71. The van der Waals surface area contributed by atoms with Crippen LogP contribution in [0.3, 0.4) is 0 Å². The maximum Gasteiger partial charge on any atom is 0.340 e. The zero-order valence-electron chi connectivity index (χ0n) is 9.91. The Hall–Kier alpha value is -2.14. The normalized spacial score (nSPS) is 10.2. The number of benzene rings is 1. The van der Waals surface area contributed by atoms with Gasteiger partial charge in [0, 0.05) is 12.6 Å². The first-order valence-corrected chi connectivity index (χ1v) is 5.97. The van der Waals surface area contributed by atoms with Crippen LogP contribution in [-0.4, -0.2) is 27.7 Å². The van der Waals surface area contributed by atoms with E-state index in [0.29, 0.717) is 18.9 Å². The minimum atomic E-state index is -1.14. The Morgan fingerprint density at radius 2 is 2.05 bits per heavy atom. The second kappa shape index (κ2) is 6.15. The zero-order chi connectivity index (χ0) is 13.7. The number of aromatic nitrogens is 2. The van der Waals surface area contributed by atoms with Crippen molar-refractivity contribution in [2.45, 2.75) is 6.42 Å². The van der Waals surface area contributed by atoms with Gasteiger partial charge in [0.15, 0.2) is 0 Å². The summed E-state index contributed by atoms with van der Waals surface area (Å²) in [6.45, 7) is 0.396. The highest BCUT2D eigenvalue weighted by atomic mass is 35.5. The van der Waals surface area contributed by atoms with Crippen molar-refractivity contribution in [3.8, 4) is 5.75 Å². The van der Waals surface area contributed by atoms with Crippen LogP contribution >= 0.6 is 11.6 Å². The van der Waals surface area contributed by atoms with Gasteiger partial charge < -0.3 is 9.84 Å². The van der Waals surface area contributed by atoms with Crippen molar-refractivity contribution >= 4 is 17.6 Å². The van der Waals surface area contributed by atoms with Crippen LogP contribution in [0.15, 0.2) is 36.5 Å². The van der Waals surface area contributed by atoms with Gasteiger partial charge in [-0.15, -0.1) is 0 Å². The van der Waals surface area contributed by atoms with Crippen molar-refractivity contribution in [3.63, 3.8) is 0 Å². The van der Waals surface area contributed by atoms with E-state index >= 15 is 0 Å². The molecular formula is C13H11ClN2O3. The van der Waals surface area contributed by atoms with Crippen LogP contribution in [0.2, 0.25) is 5.15 Å². The Balaban J connectivity index is 1.93. The minimum absolute atomic E-state index is 0.0581. The van der Waals surface area contributed by atoms with Gasteiger partial charge in [0.1, 0.15) is 22.3 Å². The van der Waals surface area contributed by atoms with Gasteiger partial charge in [0.2, 0.25) is 0 Å². The summed E-state index contributed by atoms with van der Waals surface area (Å²) in [4.78, 5) is 18.6. The molecule has 5 nitrogen and oxygen atoms in total. The maximum atomic E-state index is 10.7. The molecular weight excluding hydrogens is 268 g/mol. The van der Waals surface area contributed by atoms with Gasteiger partial charge in [-0.25, -0.2) is 14.8 Å². The third-order valence-corrected chi connectivity index (χ3v) is 2.65. The fourth-order valence-corrected chi connectivity index (χ4v) is 1.66. The van der Waals surface area contributed by atoms with Crippen molar-refractivity contribution < 1.29 is 14.6 Å². The zero-order valence-corrected chi connectivity index (χ0v) is 10.7. The molecule has 0 aliphatic rings. The van der Waals surface area contributed by atoms with E-state index in [1.807, 2.05) is 30.3 Å². The molecule has 0 unspecified atom stereocenters. The first-order chi connectivity index (χ1) is 9.16. The SMILES string of the molecule is O=C(O)c1cnc(CCOc2ccccc2)nc1Cl. The lowest BCUT2D eigenvalue weighted by Crippen LogP contribution is -2.08. The Morgan fingerprint density at radius 1 is 1.32 bits per heavy atom. The number of hydrogen-bond acceptors (Lipinski definition) is 4. The number of halogens is 1. The van der Waals surface area contributed by atoms with E-state index in [0.717, 1.165) is 5.75 Å². The highest BCUT2D eigenvalue weighted by Gasteiger charge is 2.11. The highest BCUT2D eigenvalue weighted by molar-refractivity contribution is 6.32. The third kappa shape index (κ3) is 3.66. The van der Waals surface area contributed by atoms with Crippen LogP contribution in [-0.2, 0) is 6.42 Å². The Morgan fingerprint density at radius 3 is 2.68 bits per heavy atom. The number of carboxylic acid groups (broad SMARTS) is 1. The predicted octanol–water partition coefficient (Wildman–Crippen LogP) is 2.45. The van der Waals surface area contributed by atoms with E-state index in [2.05, 4.69) is 9.97 Å². The molecule has 0 spiro atoms. The minimum Gasteiger partial charge on any atom is -0.493 e. The number of carbonyl (C=O) groups is 1. The Kier molecular flexibility index (Phi) is 4.30. The van der Waals surface area contributed by atoms with Crippen LogP contribution in [0.4, 0.5) is 0 Å². The second-order valence-corrected chi connectivity index (χ2v) is 4.07.